The van der Waals surface area contributed by atoms with E-state index in [0.29, 0.717) is 30.9 Å². The molecule has 112 valence electrons. The molecule has 1 heterocycles. The van der Waals surface area contributed by atoms with Gasteiger partial charge in [-0.25, -0.2) is 0 Å². The van der Waals surface area contributed by atoms with Gasteiger partial charge in [0.05, 0.1) is 0 Å². The summed E-state index contributed by atoms with van der Waals surface area (Å²) in [7, 11) is 3.70. The molecule has 1 rings (SSSR count). The maximum absolute atomic E-state index is 11.7. The van der Waals surface area contributed by atoms with Crippen LogP contribution in [0.2, 0.25) is 0 Å². The summed E-state index contributed by atoms with van der Waals surface area (Å²) < 4.78 is 0. The summed E-state index contributed by atoms with van der Waals surface area (Å²) in [5.41, 5.74) is 0. The van der Waals surface area contributed by atoms with Crippen LogP contribution >= 0.6 is 0 Å². The van der Waals surface area contributed by atoms with Crippen LogP contribution in [0.15, 0.2) is 0 Å². The van der Waals surface area contributed by atoms with Crippen molar-refractivity contribution in [1.29, 1.82) is 0 Å². The average Bonchev–Trinajstić information content (AvgIpc) is 2.39. The van der Waals surface area contributed by atoms with E-state index in [-0.39, 0.29) is 5.91 Å². The van der Waals surface area contributed by atoms with E-state index in [1.807, 2.05) is 27.9 Å². The van der Waals surface area contributed by atoms with Gasteiger partial charge in [0.2, 0.25) is 23.8 Å². The van der Waals surface area contributed by atoms with Crippen LogP contribution in [0.4, 0.5) is 17.8 Å². The van der Waals surface area contributed by atoms with Crippen LogP contribution in [-0.4, -0.2) is 54.1 Å². The van der Waals surface area contributed by atoms with E-state index in [2.05, 4.69) is 30.9 Å². The van der Waals surface area contributed by atoms with E-state index < -0.39 is 6.04 Å². The predicted octanol–water partition coefficient (Wildman–Crippen LogP) is 0.306. The van der Waals surface area contributed by atoms with Crippen molar-refractivity contribution in [2.45, 2.75) is 26.8 Å². The summed E-state index contributed by atoms with van der Waals surface area (Å²) in [5, 5.41) is 8.77. The monoisotopic (exact) mass is 281 g/mol. The number of amides is 1. The number of hydrogen-bond acceptors (Lipinski definition) is 7. The second-order valence-corrected chi connectivity index (χ2v) is 4.47. The van der Waals surface area contributed by atoms with E-state index in [1.54, 1.807) is 11.8 Å². The molecule has 1 aromatic rings. The Morgan fingerprint density at radius 3 is 2.35 bits per heavy atom. The van der Waals surface area contributed by atoms with Gasteiger partial charge >= 0.3 is 0 Å². The zero-order valence-electron chi connectivity index (χ0n) is 12.7. The molecule has 1 atom stereocenters. The van der Waals surface area contributed by atoms with Crippen LogP contribution in [0, 0.1) is 0 Å². The molecule has 20 heavy (non-hydrogen) atoms. The first-order valence-electron chi connectivity index (χ1n) is 6.69. The standard InChI is InChI=1S/C12H23N7O/c1-6-13-9(20)8(3)15-11-16-10(14-7-2)17-12(18-11)19(4)5/h8H,6-7H2,1-5H3,(H,13,20)(H2,14,15,16,17,18). The highest BCUT2D eigenvalue weighted by atomic mass is 16.2. The number of likely N-dealkylation sites (N-methyl/N-ethyl adjacent to an activating group) is 1. The van der Waals surface area contributed by atoms with Gasteiger partial charge in [-0.3, -0.25) is 4.79 Å². The molecule has 0 fully saturated rings. The number of carbonyl (C=O) groups excluding carboxylic acids is 1. The van der Waals surface area contributed by atoms with Crippen molar-refractivity contribution in [3.63, 3.8) is 0 Å². The third kappa shape index (κ3) is 4.52. The molecule has 3 N–H and O–H groups in total. The van der Waals surface area contributed by atoms with Gasteiger partial charge in [0, 0.05) is 27.2 Å². The van der Waals surface area contributed by atoms with Crippen molar-refractivity contribution in [2.75, 3.05) is 42.7 Å². The van der Waals surface area contributed by atoms with Crippen molar-refractivity contribution in [3.05, 3.63) is 0 Å². The van der Waals surface area contributed by atoms with Crippen LogP contribution < -0.4 is 20.9 Å². The molecule has 0 saturated heterocycles. The van der Waals surface area contributed by atoms with Crippen LogP contribution in [0.3, 0.4) is 0 Å². The van der Waals surface area contributed by atoms with Crippen molar-refractivity contribution in [2.24, 2.45) is 0 Å². The fourth-order valence-corrected chi connectivity index (χ4v) is 1.45. The lowest BCUT2D eigenvalue weighted by molar-refractivity contribution is -0.121. The van der Waals surface area contributed by atoms with Gasteiger partial charge in [-0.05, 0) is 20.8 Å². The summed E-state index contributed by atoms with van der Waals surface area (Å²) in [5.74, 6) is 1.29. The summed E-state index contributed by atoms with van der Waals surface area (Å²) in [6, 6.07) is -0.415. The van der Waals surface area contributed by atoms with Crippen molar-refractivity contribution < 1.29 is 4.79 Å². The maximum Gasteiger partial charge on any atom is 0.242 e. The Morgan fingerprint density at radius 1 is 1.15 bits per heavy atom. The quantitative estimate of drug-likeness (QED) is 0.662. The lowest BCUT2D eigenvalue weighted by Crippen LogP contribution is -2.38. The van der Waals surface area contributed by atoms with Gasteiger partial charge in [-0.2, -0.15) is 15.0 Å². The van der Waals surface area contributed by atoms with Gasteiger partial charge in [-0.15, -0.1) is 0 Å². The number of rotatable bonds is 7. The molecule has 0 spiro atoms. The number of nitrogens with zero attached hydrogens (tertiary/aromatic N) is 4. The van der Waals surface area contributed by atoms with Crippen molar-refractivity contribution >= 4 is 23.8 Å². The predicted molar refractivity (Wildman–Crippen MR) is 80.1 cm³/mol. The fourth-order valence-electron chi connectivity index (χ4n) is 1.45. The molecule has 1 unspecified atom stereocenters. The minimum atomic E-state index is -0.415. The Kier molecular flexibility index (Phi) is 5.95. The number of aromatic nitrogens is 3. The summed E-state index contributed by atoms with van der Waals surface area (Å²) in [6.07, 6.45) is 0. The molecule has 0 aliphatic rings. The Morgan fingerprint density at radius 2 is 1.80 bits per heavy atom. The summed E-state index contributed by atoms with van der Waals surface area (Å²) in [6.45, 7) is 6.90. The molecule has 0 aromatic carbocycles. The van der Waals surface area contributed by atoms with Crippen LogP contribution in [-0.2, 0) is 4.79 Å². The van der Waals surface area contributed by atoms with E-state index >= 15 is 0 Å². The number of nitrogens with one attached hydrogen (secondary N) is 3. The molecular weight excluding hydrogens is 258 g/mol. The second-order valence-electron chi connectivity index (χ2n) is 4.47. The normalized spacial score (nSPS) is 11.7. The van der Waals surface area contributed by atoms with Crippen molar-refractivity contribution in [1.82, 2.24) is 20.3 Å². The van der Waals surface area contributed by atoms with E-state index in [9.17, 15) is 4.79 Å². The molecule has 0 radical (unpaired) electrons. The minimum Gasteiger partial charge on any atom is -0.355 e. The van der Waals surface area contributed by atoms with Gasteiger partial charge < -0.3 is 20.9 Å². The van der Waals surface area contributed by atoms with Gasteiger partial charge in [0.25, 0.3) is 0 Å². The lowest BCUT2D eigenvalue weighted by Gasteiger charge is -2.16. The molecule has 1 aromatic heterocycles. The number of carbonyl (C=O) groups is 1. The summed E-state index contributed by atoms with van der Waals surface area (Å²) in [4.78, 5) is 26.3. The number of anilines is 3. The molecule has 8 heteroatoms. The van der Waals surface area contributed by atoms with Gasteiger partial charge in [0.1, 0.15) is 6.04 Å². The summed E-state index contributed by atoms with van der Waals surface area (Å²) >= 11 is 0. The Hall–Kier alpha value is -2.12. The highest BCUT2D eigenvalue weighted by Gasteiger charge is 2.15. The van der Waals surface area contributed by atoms with Gasteiger partial charge in [-0.1, -0.05) is 0 Å². The van der Waals surface area contributed by atoms with E-state index in [4.69, 9.17) is 0 Å². The van der Waals surface area contributed by atoms with Crippen molar-refractivity contribution in [3.8, 4) is 0 Å². The van der Waals surface area contributed by atoms with Gasteiger partial charge in [0.15, 0.2) is 0 Å². The first kappa shape index (κ1) is 15.9. The van der Waals surface area contributed by atoms with E-state index in [0.717, 1.165) is 0 Å². The van der Waals surface area contributed by atoms with Crippen LogP contribution in [0.25, 0.3) is 0 Å². The fraction of sp³-hybridized carbons (Fsp3) is 0.667. The molecule has 0 saturated carbocycles. The molecule has 8 nitrogen and oxygen atoms in total. The highest BCUT2D eigenvalue weighted by molar-refractivity contribution is 5.83. The first-order chi connectivity index (χ1) is 9.47. The topological polar surface area (TPSA) is 95.1 Å². The zero-order chi connectivity index (χ0) is 15.1. The molecule has 0 aliphatic carbocycles. The largest absolute Gasteiger partial charge is 0.355 e. The maximum atomic E-state index is 11.7. The Bertz CT molecular complexity index is 449. The second kappa shape index (κ2) is 7.46. The zero-order valence-corrected chi connectivity index (χ0v) is 12.7. The Balaban J connectivity index is 2.90. The third-order valence-corrected chi connectivity index (χ3v) is 2.45. The molecule has 1 amide bonds. The SMILES string of the molecule is CCNC(=O)C(C)Nc1nc(NCC)nc(N(C)C)n1. The average molecular weight is 281 g/mol. The molecule has 0 bridgehead atoms. The third-order valence-electron chi connectivity index (χ3n) is 2.45. The lowest BCUT2D eigenvalue weighted by atomic mass is 10.3. The number of hydrogen-bond donors (Lipinski definition) is 3. The van der Waals surface area contributed by atoms with Crippen LogP contribution in [0.1, 0.15) is 20.8 Å². The Labute approximate surface area is 119 Å². The smallest absolute Gasteiger partial charge is 0.242 e. The minimum absolute atomic E-state index is 0.0932. The van der Waals surface area contributed by atoms with E-state index in [1.165, 1.54) is 0 Å². The molecule has 0 aliphatic heterocycles. The highest BCUT2D eigenvalue weighted by Crippen LogP contribution is 2.12. The molecular formula is C12H23N7O. The first-order valence-corrected chi connectivity index (χ1v) is 6.69. The van der Waals surface area contributed by atoms with Crippen LogP contribution in [0.5, 0.6) is 0 Å².